The largest absolute Gasteiger partial charge is 0.355 e. The Balaban J connectivity index is 0.00000192. The van der Waals surface area contributed by atoms with Crippen LogP contribution in [-0.2, 0) is 10.2 Å². The molecule has 1 saturated heterocycles. The van der Waals surface area contributed by atoms with E-state index in [4.69, 9.17) is 0 Å². The predicted octanol–water partition coefficient (Wildman–Crippen LogP) is 3.28. The van der Waals surface area contributed by atoms with Crippen molar-refractivity contribution in [3.05, 3.63) is 35.9 Å². The number of rotatable bonds is 6. The Morgan fingerprint density at radius 3 is 2.70 bits per heavy atom. The Bertz CT molecular complexity index is 495. The molecule has 23 heavy (non-hydrogen) atoms. The van der Waals surface area contributed by atoms with Crippen LogP contribution in [0.5, 0.6) is 0 Å². The molecule has 2 N–H and O–H groups in total. The summed E-state index contributed by atoms with van der Waals surface area (Å²) in [5, 5.41) is 6.64. The lowest BCUT2D eigenvalue weighted by atomic mass is 9.85. The lowest BCUT2D eigenvalue weighted by Gasteiger charge is -2.28. The van der Waals surface area contributed by atoms with Crippen molar-refractivity contribution in [2.45, 2.75) is 44.4 Å². The fourth-order valence-corrected chi connectivity index (χ4v) is 3.67. The van der Waals surface area contributed by atoms with Gasteiger partial charge in [0.05, 0.1) is 0 Å². The Hall–Kier alpha value is -1.06. The number of halogens is 1. The zero-order valence-electron chi connectivity index (χ0n) is 14.0. The zero-order chi connectivity index (χ0) is 15.4. The second-order valence-corrected chi connectivity index (χ2v) is 7.21. The summed E-state index contributed by atoms with van der Waals surface area (Å²) < 4.78 is 0. The fourth-order valence-electron chi connectivity index (χ4n) is 3.67. The molecule has 1 aromatic rings. The summed E-state index contributed by atoms with van der Waals surface area (Å²) in [7, 11) is 0. The van der Waals surface area contributed by atoms with Gasteiger partial charge in [0.2, 0.25) is 5.91 Å². The number of nitrogens with one attached hydrogen (secondary N) is 2. The van der Waals surface area contributed by atoms with Crippen molar-refractivity contribution in [2.24, 2.45) is 11.8 Å². The lowest BCUT2D eigenvalue weighted by Crippen LogP contribution is -2.37. The Labute approximate surface area is 146 Å². The van der Waals surface area contributed by atoms with Crippen LogP contribution in [0.4, 0.5) is 0 Å². The second kappa shape index (κ2) is 8.16. The van der Waals surface area contributed by atoms with E-state index in [-0.39, 0.29) is 23.7 Å². The van der Waals surface area contributed by atoms with E-state index in [2.05, 4.69) is 47.9 Å². The normalized spacial score (nSPS) is 23.4. The van der Waals surface area contributed by atoms with Crippen LogP contribution in [0.3, 0.4) is 0 Å². The van der Waals surface area contributed by atoms with E-state index in [0.29, 0.717) is 18.3 Å². The van der Waals surface area contributed by atoms with Crippen molar-refractivity contribution in [1.29, 1.82) is 0 Å². The summed E-state index contributed by atoms with van der Waals surface area (Å²) >= 11 is 0. The number of amides is 1. The molecule has 2 atom stereocenters. The summed E-state index contributed by atoms with van der Waals surface area (Å²) in [6.07, 6.45) is 5.55. The molecule has 1 aliphatic carbocycles. The van der Waals surface area contributed by atoms with Gasteiger partial charge in [0, 0.05) is 18.4 Å². The molecule has 1 aliphatic heterocycles. The fraction of sp³-hybridized carbons (Fsp3) is 0.632. The lowest BCUT2D eigenvalue weighted by molar-refractivity contribution is -0.122. The van der Waals surface area contributed by atoms with E-state index in [1.807, 2.05) is 0 Å². The van der Waals surface area contributed by atoms with Crippen LogP contribution in [0.25, 0.3) is 0 Å². The van der Waals surface area contributed by atoms with E-state index in [1.165, 1.54) is 31.2 Å². The minimum absolute atomic E-state index is 0. The van der Waals surface area contributed by atoms with Gasteiger partial charge < -0.3 is 10.6 Å². The van der Waals surface area contributed by atoms with Gasteiger partial charge >= 0.3 is 0 Å². The van der Waals surface area contributed by atoms with Crippen LogP contribution in [-0.4, -0.2) is 25.5 Å². The summed E-state index contributed by atoms with van der Waals surface area (Å²) in [4.78, 5) is 12.3. The highest BCUT2D eigenvalue weighted by Gasteiger charge is 2.44. The number of piperidine rings is 1. The number of carbonyl (C=O) groups is 1. The van der Waals surface area contributed by atoms with Crippen LogP contribution in [0.15, 0.2) is 30.3 Å². The molecule has 3 nitrogen and oxygen atoms in total. The molecule has 4 heteroatoms. The first kappa shape index (κ1) is 18.3. The van der Waals surface area contributed by atoms with Gasteiger partial charge in [-0.3, -0.25) is 4.79 Å². The molecule has 1 aromatic carbocycles. The van der Waals surface area contributed by atoms with E-state index >= 15 is 0 Å². The molecule has 0 aromatic heterocycles. The van der Waals surface area contributed by atoms with Gasteiger partial charge in [0.25, 0.3) is 0 Å². The maximum absolute atomic E-state index is 12.3. The third-order valence-corrected chi connectivity index (χ3v) is 5.51. The topological polar surface area (TPSA) is 41.1 Å². The van der Waals surface area contributed by atoms with Gasteiger partial charge in [0.1, 0.15) is 0 Å². The van der Waals surface area contributed by atoms with Crippen LogP contribution >= 0.6 is 12.4 Å². The highest BCUT2D eigenvalue weighted by Crippen LogP contribution is 2.47. The maximum atomic E-state index is 12.3. The van der Waals surface area contributed by atoms with Crippen molar-refractivity contribution in [2.75, 3.05) is 19.6 Å². The van der Waals surface area contributed by atoms with E-state index in [9.17, 15) is 4.79 Å². The summed E-state index contributed by atoms with van der Waals surface area (Å²) in [6, 6.07) is 10.6. The van der Waals surface area contributed by atoms with Crippen molar-refractivity contribution >= 4 is 18.3 Å². The molecule has 0 spiro atoms. The van der Waals surface area contributed by atoms with Crippen molar-refractivity contribution in [3.8, 4) is 0 Å². The molecule has 1 heterocycles. The van der Waals surface area contributed by atoms with Crippen molar-refractivity contribution in [3.63, 3.8) is 0 Å². The van der Waals surface area contributed by atoms with Gasteiger partial charge in [-0.2, -0.15) is 0 Å². The molecular formula is C19H29ClN2O. The third-order valence-electron chi connectivity index (χ3n) is 5.51. The van der Waals surface area contributed by atoms with E-state index < -0.39 is 0 Å². The van der Waals surface area contributed by atoms with Crippen LogP contribution in [0.1, 0.15) is 44.6 Å². The number of hydrogen-bond acceptors (Lipinski definition) is 2. The van der Waals surface area contributed by atoms with E-state index in [0.717, 1.165) is 19.6 Å². The molecule has 3 rings (SSSR count). The van der Waals surface area contributed by atoms with Crippen molar-refractivity contribution < 1.29 is 4.79 Å². The smallest absolute Gasteiger partial charge is 0.220 e. The van der Waals surface area contributed by atoms with Gasteiger partial charge in [-0.15, -0.1) is 12.4 Å². The van der Waals surface area contributed by atoms with Gasteiger partial charge in [0.15, 0.2) is 0 Å². The SMILES string of the molecule is CC(CC(=O)NCC1(c2ccccc2)CC1)C1CCCNC1.Cl. The Kier molecular flexibility index (Phi) is 6.49. The summed E-state index contributed by atoms with van der Waals surface area (Å²) in [5.41, 5.74) is 1.59. The average Bonchev–Trinajstić information content (AvgIpc) is 3.36. The average molecular weight is 337 g/mol. The van der Waals surface area contributed by atoms with Gasteiger partial charge in [-0.1, -0.05) is 37.3 Å². The predicted molar refractivity (Wildman–Crippen MR) is 97.0 cm³/mol. The first-order chi connectivity index (χ1) is 10.7. The van der Waals surface area contributed by atoms with Crippen LogP contribution < -0.4 is 10.6 Å². The Morgan fingerprint density at radius 1 is 1.35 bits per heavy atom. The molecule has 1 saturated carbocycles. The molecule has 2 aliphatic rings. The summed E-state index contributed by atoms with van der Waals surface area (Å²) in [5.74, 6) is 1.35. The molecule has 2 unspecified atom stereocenters. The number of benzene rings is 1. The second-order valence-electron chi connectivity index (χ2n) is 7.21. The molecule has 2 fully saturated rings. The molecular weight excluding hydrogens is 308 g/mol. The number of hydrogen-bond donors (Lipinski definition) is 2. The molecule has 128 valence electrons. The molecule has 1 amide bonds. The molecule has 0 bridgehead atoms. The third kappa shape index (κ3) is 4.71. The highest BCUT2D eigenvalue weighted by molar-refractivity contribution is 5.85. The first-order valence-corrected chi connectivity index (χ1v) is 8.73. The minimum atomic E-state index is 0. The number of carbonyl (C=O) groups excluding carboxylic acids is 1. The standard InChI is InChI=1S/C19H28N2O.ClH/c1-15(16-6-5-11-20-13-16)12-18(22)21-14-19(9-10-19)17-7-3-2-4-8-17;/h2-4,7-8,15-16,20H,5-6,9-14H2,1H3,(H,21,22);1H. The monoisotopic (exact) mass is 336 g/mol. The maximum Gasteiger partial charge on any atom is 0.220 e. The van der Waals surface area contributed by atoms with Gasteiger partial charge in [-0.05, 0) is 56.2 Å². The van der Waals surface area contributed by atoms with Gasteiger partial charge in [-0.25, -0.2) is 0 Å². The highest BCUT2D eigenvalue weighted by atomic mass is 35.5. The van der Waals surface area contributed by atoms with Crippen LogP contribution in [0.2, 0.25) is 0 Å². The van der Waals surface area contributed by atoms with Crippen molar-refractivity contribution in [1.82, 2.24) is 10.6 Å². The quantitative estimate of drug-likeness (QED) is 0.837. The molecule has 0 radical (unpaired) electrons. The Morgan fingerprint density at radius 2 is 2.09 bits per heavy atom. The first-order valence-electron chi connectivity index (χ1n) is 8.73. The van der Waals surface area contributed by atoms with E-state index in [1.54, 1.807) is 0 Å². The zero-order valence-corrected chi connectivity index (χ0v) is 14.8. The van der Waals surface area contributed by atoms with Crippen LogP contribution in [0, 0.1) is 11.8 Å². The minimum Gasteiger partial charge on any atom is -0.355 e. The summed E-state index contributed by atoms with van der Waals surface area (Å²) in [6.45, 7) is 5.23.